The van der Waals surface area contributed by atoms with Crippen molar-refractivity contribution in [2.24, 2.45) is 0 Å². The number of nitrogens with zero attached hydrogens (tertiary/aromatic N) is 3. The first-order chi connectivity index (χ1) is 10.1. The zero-order chi connectivity index (χ0) is 14.8. The van der Waals surface area contributed by atoms with Gasteiger partial charge in [0.25, 0.3) is 5.91 Å². The molecule has 0 radical (unpaired) electrons. The number of hydrogen-bond donors (Lipinski definition) is 2. The van der Waals surface area contributed by atoms with Crippen LogP contribution in [0.15, 0.2) is 34.4 Å². The molecule has 0 aliphatic heterocycles. The average Bonchev–Trinajstić information content (AvgIpc) is 3.12. The molecule has 0 fully saturated rings. The fraction of sp³-hybridized carbons (Fsp3) is 0.0769. The van der Waals surface area contributed by atoms with Crippen molar-refractivity contribution in [1.29, 1.82) is 0 Å². The van der Waals surface area contributed by atoms with E-state index in [-0.39, 0.29) is 5.91 Å². The minimum absolute atomic E-state index is 0.295. The Kier molecular flexibility index (Phi) is 3.36. The summed E-state index contributed by atoms with van der Waals surface area (Å²) in [7, 11) is 0. The number of nitrogens with one attached hydrogen (secondary N) is 1. The average molecular weight is 301 g/mol. The van der Waals surface area contributed by atoms with Gasteiger partial charge < -0.3 is 15.5 Å². The molecule has 0 saturated carbocycles. The number of nitrogens with two attached hydrogens (primary N) is 1. The van der Waals surface area contributed by atoms with E-state index in [1.54, 1.807) is 17.5 Å². The Bertz CT molecular complexity index is 782. The second-order valence-corrected chi connectivity index (χ2v) is 5.19. The molecule has 0 bridgehead atoms. The number of aromatic nitrogens is 3. The molecule has 2 heterocycles. The molecule has 3 rings (SSSR count). The van der Waals surface area contributed by atoms with Gasteiger partial charge in [-0.2, -0.15) is 0 Å². The van der Waals surface area contributed by atoms with E-state index in [9.17, 15) is 4.79 Å². The summed E-state index contributed by atoms with van der Waals surface area (Å²) in [4.78, 5) is 16.0. The van der Waals surface area contributed by atoms with Crippen LogP contribution >= 0.6 is 11.3 Å². The van der Waals surface area contributed by atoms with Crippen LogP contribution in [0.3, 0.4) is 0 Å². The fourth-order valence-electron chi connectivity index (χ4n) is 1.81. The second kappa shape index (κ2) is 5.33. The SMILES string of the molecule is Cc1cc(-c2nnco2)ccc1NC(=O)c1csc(N)n1. The molecular formula is C13H11N5O2S. The lowest BCUT2D eigenvalue weighted by Gasteiger charge is -2.08. The normalized spacial score (nSPS) is 10.5. The maximum Gasteiger partial charge on any atom is 0.275 e. The van der Waals surface area contributed by atoms with Crippen molar-refractivity contribution in [3.05, 3.63) is 41.2 Å². The van der Waals surface area contributed by atoms with Crippen LogP contribution < -0.4 is 11.1 Å². The molecule has 0 unspecified atom stereocenters. The predicted molar refractivity (Wildman–Crippen MR) is 79.0 cm³/mol. The van der Waals surface area contributed by atoms with Gasteiger partial charge in [-0.3, -0.25) is 4.79 Å². The van der Waals surface area contributed by atoms with Crippen LogP contribution in [0.5, 0.6) is 0 Å². The highest BCUT2D eigenvalue weighted by Crippen LogP contribution is 2.24. The number of thiazole rings is 1. The monoisotopic (exact) mass is 301 g/mol. The molecule has 8 heteroatoms. The van der Waals surface area contributed by atoms with Crippen LogP contribution in [0.1, 0.15) is 16.1 Å². The smallest absolute Gasteiger partial charge is 0.275 e. The number of amides is 1. The molecule has 3 N–H and O–H groups in total. The third-order valence-electron chi connectivity index (χ3n) is 2.84. The van der Waals surface area contributed by atoms with Gasteiger partial charge >= 0.3 is 0 Å². The van der Waals surface area contributed by atoms with E-state index in [2.05, 4.69) is 20.5 Å². The minimum Gasteiger partial charge on any atom is -0.423 e. The zero-order valence-electron chi connectivity index (χ0n) is 11.0. The van der Waals surface area contributed by atoms with Gasteiger partial charge in [-0.05, 0) is 30.7 Å². The molecule has 0 spiro atoms. The van der Waals surface area contributed by atoms with E-state index in [0.717, 1.165) is 11.1 Å². The molecule has 1 amide bonds. The van der Waals surface area contributed by atoms with Crippen LogP contribution in [-0.4, -0.2) is 21.1 Å². The minimum atomic E-state index is -0.295. The van der Waals surface area contributed by atoms with Crippen molar-refractivity contribution in [2.45, 2.75) is 6.92 Å². The summed E-state index contributed by atoms with van der Waals surface area (Å²) in [6, 6.07) is 5.44. The van der Waals surface area contributed by atoms with E-state index < -0.39 is 0 Å². The topological polar surface area (TPSA) is 107 Å². The summed E-state index contributed by atoms with van der Waals surface area (Å²) in [5.41, 5.74) is 8.18. The lowest BCUT2D eigenvalue weighted by Crippen LogP contribution is -2.13. The number of hydrogen-bond acceptors (Lipinski definition) is 7. The van der Waals surface area contributed by atoms with Gasteiger partial charge in [0, 0.05) is 16.6 Å². The van der Waals surface area contributed by atoms with Crippen LogP contribution in [0.25, 0.3) is 11.5 Å². The molecule has 3 aromatic rings. The number of nitrogen functional groups attached to an aromatic ring is 1. The lowest BCUT2D eigenvalue weighted by atomic mass is 10.1. The summed E-state index contributed by atoms with van der Waals surface area (Å²) in [6.07, 6.45) is 1.27. The molecule has 7 nitrogen and oxygen atoms in total. The zero-order valence-corrected chi connectivity index (χ0v) is 11.8. The first-order valence-electron chi connectivity index (χ1n) is 6.03. The molecule has 21 heavy (non-hydrogen) atoms. The van der Waals surface area contributed by atoms with Gasteiger partial charge in [-0.1, -0.05) is 0 Å². The molecule has 2 aromatic heterocycles. The standard InChI is InChI=1S/C13H11N5O2S/c1-7-4-8(12-18-15-6-20-12)2-3-9(7)16-11(19)10-5-21-13(14)17-10/h2-6H,1H3,(H2,14,17)(H,16,19). The molecular weight excluding hydrogens is 290 g/mol. The summed E-state index contributed by atoms with van der Waals surface area (Å²) in [5.74, 6) is 0.139. The van der Waals surface area contributed by atoms with Crippen LogP contribution in [0.4, 0.5) is 10.8 Å². The van der Waals surface area contributed by atoms with Gasteiger partial charge in [0.05, 0.1) is 0 Å². The number of aryl methyl sites for hydroxylation is 1. The highest BCUT2D eigenvalue weighted by molar-refractivity contribution is 7.13. The van der Waals surface area contributed by atoms with Crippen molar-refractivity contribution in [1.82, 2.24) is 15.2 Å². The highest BCUT2D eigenvalue weighted by atomic mass is 32.1. The second-order valence-electron chi connectivity index (χ2n) is 4.30. The molecule has 106 valence electrons. The largest absolute Gasteiger partial charge is 0.423 e. The van der Waals surface area contributed by atoms with Crippen molar-refractivity contribution >= 4 is 28.1 Å². The van der Waals surface area contributed by atoms with Crippen molar-refractivity contribution < 1.29 is 9.21 Å². The predicted octanol–water partition coefficient (Wildman–Crippen LogP) is 2.34. The Hall–Kier alpha value is -2.74. The molecule has 1 aromatic carbocycles. The Balaban J connectivity index is 1.82. The summed E-state index contributed by atoms with van der Waals surface area (Å²) in [6.45, 7) is 1.88. The Morgan fingerprint density at radius 3 is 2.90 bits per heavy atom. The number of carbonyl (C=O) groups is 1. The molecule has 0 saturated heterocycles. The van der Waals surface area contributed by atoms with Crippen molar-refractivity contribution in [2.75, 3.05) is 11.1 Å². The van der Waals surface area contributed by atoms with Gasteiger partial charge in [-0.15, -0.1) is 21.5 Å². The van der Waals surface area contributed by atoms with Gasteiger partial charge in [-0.25, -0.2) is 4.98 Å². The number of anilines is 2. The maximum absolute atomic E-state index is 12.0. The van der Waals surface area contributed by atoms with Crippen molar-refractivity contribution in [3.8, 4) is 11.5 Å². The summed E-state index contributed by atoms with van der Waals surface area (Å²) < 4.78 is 5.14. The molecule has 0 aliphatic rings. The third-order valence-corrected chi connectivity index (χ3v) is 3.51. The Morgan fingerprint density at radius 2 is 2.29 bits per heavy atom. The van der Waals surface area contributed by atoms with E-state index in [1.807, 2.05) is 13.0 Å². The van der Waals surface area contributed by atoms with Gasteiger partial charge in [0.2, 0.25) is 12.3 Å². The summed E-state index contributed by atoms with van der Waals surface area (Å²) >= 11 is 1.23. The fourth-order valence-corrected chi connectivity index (χ4v) is 2.36. The number of rotatable bonds is 3. The van der Waals surface area contributed by atoms with Gasteiger partial charge in [0.15, 0.2) is 5.13 Å². The van der Waals surface area contributed by atoms with E-state index >= 15 is 0 Å². The third kappa shape index (κ3) is 2.75. The maximum atomic E-state index is 12.0. The van der Waals surface area contributed by atoms with E-state index in [0.29, 0.717) is 22.4 Å². The molecule has 0 atom stereocenters. The lowest BCUT2D eigenvalue weighted by molar-refractivity contribution is 0.102. The number of carbonyl (C=O) groups excluding carboxylic acids is 1. The first-order valence-corrected chi connectivity index (χ1v) is 6.91. The van der Waals surface area contributed by atoms with Gasteiger partial charge in [0.1, 0.15) is 5.69 Å². The van der Waals surface area contributed by atoms with Crippen LogP contribution in [0.2, 0.25) is 0 Å². The van der Waals surface area contributed by atoms with Crippen LogP contribution in [0, 0.1) is 6.92 Å². The molecule has 0 aliphatic carbocycles. The quantitative estimate of drug-likeness (QED) is 0.769. The van der Waals surface area contributed by atoms with Crippen molar-refractivity contribution in [3.63, 3.8) is 0 Å². The Labute approximate surface area is 123 Å². The van der Waals surface area contributed by atoms with E-state index in [4.69, 9.17) is 10.2 Å². The highest BCUT2D eigenvalue weighted by Gasteiger charge is 2.12. The summed E-state index contributed by atoms with van der Waals surface area (Å²) in [5, 5.41) is 12.3. The Morgan fingerprint density at radius 1 is 1.43 bits per heavy atom. The first kappa shape index (κ1) is 13.3. The van der Waals surface area contributed by atoms with Crippen LogP contribution in [-0.2, 0) is 0 Å². The van der Waals surface area contributed by atoms with E-state index in [1.165, 1.54) is 17.7 Å². The number of benzene rings is 1.